The normalized spacial score (nSPS) is 21.4. The van der Waals surface area contributed by atoms with E-state index in [9.17, 15) is 8.42 Å². The van der Waals surface area contributed by atoms with Crippen LogP contribution in [0.3, 0.4) is 0 Å². The van der Waals surface area contributed by atoms with Gasteiger partial charge in [-0.25, -0.2) is 8.42 Å². The summed E-state index contributed by atoms with van der Waals surface area (Å²) in [4.78, 5) is 6.79. The topological polar surface area (TPSA) is 59.5 Å². The monoisotopic (exact) mass is 360 g/mol. The van der Waals surface area contributed by atoms with Gasteiger partial charge in [0.05, 0.1) is 17.8 Å². The van der Waals surface area contributed by atoms with Crippen LogP contribution < -0.4 is 4.74 Å². The van der Waals surface area contributed by atoms with Crippen LogP contribution in [0.4, 0.5) is 0 Å². The molecule has 0 saturated carbocycles. The molecule has 0 amide bonds. The van der Waals surface area contributed by atoms with Crippen molar-refractivity contribution in [3.05, 3.63) is 54.4 Å². The van der Waals surface area contributed by atoms with Gasteiger partial charge in [0.15, 0.2) is 9.84 Å². The SMILES string of the molecule is COc1cccc(S(=O)(=O)CCN2C[C@@H](C)C[C@@H]2c2cccnc2)c1. The average molecular weight is 360 g/mol. The fourth-order valence-electron chi connectivity index (χ4n) is 3.45. The van der Waals surface area contributed by atoms with Crippen LogP contribution in [0.5, 0.6) is 5.75 Å². The molecule has 25 heavy (non-hydrogen) atoms. The Bertz CT molecular complexity index is 808. The lowest BCUT2D eigenvalue weighted by atomic mass is 10.0. The molecule has 6 heteroatoms. The quantitative estimate of drug-likeness (QED) is 0.793. The van der Waals surface area contributed by atoms with E-state index >= 15 is 0 Å². The molecule has 0 unspecified atom stereocenters. The fourth-order valence-corrected chi connectivity index (χ4v) is 4.74. The van der Waals surface area contributed by atoms with Crippen molar-refractivity contribution in [3.63, 3.8) is 0 Å². The lowest BCUT2D eigenvalue weighted by Crippen LogP contribution is -2.29. The Hall–Kier alpha value is -1.92. The van der Waals surface area contributed by atoms with Crippen LogP contribution in [0.2, 0.25) is 0 Å². The molecule has 3 rings (SSSR count). The lowest BCUT2D eigenvalue weighted by molar-refractivity contribution is 0.269. The summed E-state index contributed by atoms with van der Waals surface area (Å²) in [7, 11) is -1.80. The van der Waals surface area contributed by atoms with Gasteiger partial charge in [-0.2, -0.15) is 0 Å². The number of hydrogen-bond donors (Lipinski definition) is 0. The minimum Gasteiger partial charge on any atom is -0.497 e. The second kappa shape index (κ2) is 7.54. The first-order valence-corrected chi connectivity index (χ1v) is 10.2. The molecule has 1 aliphatic heterocycles. The van der Waals surface area contributed by atoms with Gasteiger partial charge in [0.2, 0.25) is 0 Å². The first kappa shape index (κ1) is 17.9. The molecule has 1 fully saturated rings. The van der Waals surface area contributed by atoms with Crippen molar-refractivity contribution in [2.24, 2.45) is 5.92 Å². The lowest BCUT2D eigenvalue weighted by Gasteiger charge is -2.24. The molecule has 1 aromatic carbocycles. The van der Waals surface area contributed by atoms with Crippen LogP contribution in [-0.4, -0.2) is 44.3 Å². The van der Waals surface area contributed by atoms with E-state index < -0.39 is 9.84 Å². The number of nitrogens with zero attached hydrogens (tertiary/aromatic N) is 2. The fraction of sp³-hybridized carbons (Fsp3) is 0.421. The highest BCUT2D eigenvalue weighted by Gasteiger charge is 2.31. The summed E-state index contributed by atoms with van der Waals surface area (Å²) in [6.07, 6.45) is 4.68. The van der Waals surface area contributed by atoms with Crippen LogP contribution in [0.25, 0.3) is 0 Å². The van der Waals surface area contributed by atoms with E-state index in [-0.39, 0.29) is 11.8 Å². The minimum atomic E-state index is -3.34. The molecule has 0 spiro atoms. The molecule has 5 nitrogen and oxygen atoms in total. The Morgan fingerprint density at radius 1 is 1.28 bits per heavy atom. The highest BCUT2D eigenvalue weighted by molar-refractivity contribution is 7.91. The number of aromatic nitrogens is 1. The van der Waals surface area contributed by atoms with Crippen molar-refractivity contribution in [1.29, 1.82) is 0 Å². The summed E-state index contributed by atoms with van der Waals surface area (Å²) in [5, 5.41) is 0. The van der Waals surface area contributed by atoms with E-state index in [2.05, 4.69) is 22.9 Å². The zero-order valence-electron chi connectivity index (χ0n) is 14.6. The highest BCUT2D eigenvalue weighted by Crippen LogP contribution is 2.34. The predicted octanol–water partition coefficient (Wildman–Crippen LogP) is 2.95. The van der Waals surface area contributed by atoms with Crippen molar-refractivity contribution in [2.75, 3.05) is 26.0 Å². The molecule has 1 aliphatic rings. The number of benzene rings is 1. The van der Waals surface area contributed by atoms with Gasteiger partial charge < -0.3 is 4.74 Å². The maximum Gasteiger partial charge on any atom is 0.179 e. The third-order valence-electron chi connectivity index (χ3n) is 4.73. The molecule has 134 valence electrons. The molecule has 2 aromatic rings. The summed E-state index contributed by atoms with van der Waals surface area (Å²) in [5.41, 5.74) is 1.16. The van der Waals surface area contributed by atoms with Gasteiger partial charge in [0, 0.05) is 31.5 Å². The van der Waals surface area contributed by atoms with E-state index in [0.717, 1.165) is 18.5 Å². The molecule has 0 bridgehead atoms. The molecular weight excluding hydrogens is 336 g/mol. The summed E-state index contributed by atoms with van der Waals surface area (Å²) in [6, 6.07) is 10.9. The van der Waals surface area contributed by atoms with Gasteiger partial charge in [-0.3, -0.25) is 9.88 Å². The van der Waals surface area contributed by atoms with Crippen LogP contribution in [0.15, 0.2) is 53.7 Å². The molecule has 1 aromatic heterocycles. The van der Waals surface area contributed by atoms with E-state index in [4.69, 9.17) is 4.74 Å². The molecule has 1 saturated heterocycles. The number of methoxy groups -OCH3 is 1. The second-order valence-corrected chi connectivity index (χ2v) is 8.74. The van der Waals surface area contributed by atoms with E-state index in [1.807, 2.05) is 12.3 Å². The Morgan fingerprint density at radius 2 is 2.12 bits per heavy atom. The smallest absolute Gasteiger partial charge is 0.179 e. The van der Waals surface area contributed by atoms with Gasteiger partial charge in [-0.05, 0) is 42.2 Å². The van der Waals surface area contributed by atoms with E-state index in [1.54, 1.807) is 30.5 Å². The highest BCUT2D eigenvalue weighted by atomic mass is 32.2. The van der Waals surface area contributed by atoms with Gasteiger partial charge in [-0.1, -0.05) is 19.1 Å². The molecule has 2 atom stereocenters. The Morgan fingerprint density at radius 3 is 2.84 bits per heavy atom. The first-order valence-electron chi connectivity index (χ1n) is 8.50. The van der Waals surface area contributed by atoms with Crippen molar-refractivity contribution >= 4 is 9.84 Å². The number of ether oxygens (including phenoxy) is 1. The summed E-state index contributed by atoms with van der Waals surface area (Å²) >= 11 is 0. The van der Waals surface area contributed by atoms with Crippen molar-refractivity contribution in [1.82, 2.24) is 9.88 Å². The zero-order chi connectivity index (χ0) is 17.9. The second-order valence-electron chi connectivity index (χ2n) is 6.64. The van der Waals surface area contributed by atoms with Gasteiger partial charge in [0.1, 0.15) is 5.75 Å². The maximum absolute atomic E-state index is 12.7. The number of likely N-dealkylation sites (tertiary alicyclic amines) is 1. The van der Waals surface area contributed by atoms with Crippen LogP contribution in [0.1, 0.15) is 24.9 Å². The first-order chi connectivity index (χ1) is 12.0. The predicted molar refractivity (Wildman–Crippen MR) is 97.4 cm³/mol. The number of pyridine rings is 1. The third-order valence-corrected chi connectivity index (χ3v) is 6.42. The average Bonchev–Trinajstić information content (AvgIpc) is 3.02. The third kappa shape index (κ3) is 4.19. The molecule has 0 N–H and O–H groups in total. The summed E-state index contributed by atoms with van der Waals surface area (Å²) < 4.78 is 30.5. The number of hydrogen-bond acceptors (Lipinski definition) is 5. The largest absolute Gasteiger partial charge is 0.497 e. The van der Waals surface area contributed by atoms with Gasteiger partial charge in [-0.15, -0.1) is 0 Å². The Kier molecular flexibility index (Phi) is 5.39. The van der Waals surface area contributed by atoms with Crippen molar-refractivity contribution < 1.29 is 13.2 Å². The van der Waals surface area contributed by atoms with Gasteiger partial charge in [0.25, 0.3) is 0 Å². The summed E-state index contributed by atoms with van der Waals surface area (Å²) in [5.74, 6) is 1.21. The minimum absolute atomic E-state index is 0.101. The molecule has 0 radical (unpaired) electrons. The van der Waals surface area contributed by atoms with E-state index in [0.29, 0.717) is 23.1 Å². The maximum atomic E-state index is 12.7. The van der Waals surface area contributed by atoms with Crippen molar-refractivity contribution in [3.8, 4) is 5.75 Å². The zero-order valence-corrected chi connectivity index (χ0v) is 15.4. The standard InChI is InChI=1S/C19H24N2O3S/c1-15-11-19(16-5-4-8-20-13-16)21(14-15)9-10-25(22,23)18-7-3-6-17(12-18)24-2/h3-8,12-13,15,19H,9-11,14H2,1-2H3/t15-,19+/m0/s1. The molecule has 2 heterocycles. The molecule has 0 aliphatic carbocycles. The van der Waals surface area contributed by atoms with Crippen molar-refractivity contribution in [2.45, 2.75) is 24.3 Å². The summed E-state index contributed by atoms with van der Waals surface area (Å²) in [6.45, 7) is 3.64. The Balaban J connectivity index is 1.72. The number of sulfone groups is 1. The van der Waals surface area contributed by atoms with Crippen LogP contribution in [-0.2, 0) is 9.84 Å². The number of rotatable bonds is 6. The molecular formula is C19H24N2O3S. The van der Waals surface area contributed by atoms with Crippen LogP contribution >= 0.6 is 0 Å². The van der Waals surface area contributed by atoms with E-state index in [1.165, 1.54) is 7.11 Å². The Labute approximate surface area is 149 Å². The van der Waals surface area contributed by atoms with Crippen LogP contribution in [0, 0.1) is 5.92 Å². The van der Waals surface area contributed by atoms with Gasteiger partial charge >= 0.3 is 0 Å².